The Morgan fingerprint density at radius 3 is 2.27 bits per heavy atom. The normalized spacial score (nSPS) is 29.4. The molecule has 1 saturated carbocycles. The van der Waals surface area contributed by atoms with Crippen molar-refractivity contribution in [1.29, 1.82) is 0 Å². The number of hydrogen-bond donors (Lipinski definition) is 1. The largest absolute Gasteiger partial charge is 0.310 e. The predicted octanol–water partition coefficient (Wildman–Crippen LogP) is 2.49. The summed E-state index contributed by atoms with van der Waals surface area (Å²) in [5, 5.41) is 3.75. The molecule has 0 bridgehead atoms. The molecule has 0 radical (unpaired) electrons. The second-order valence-electron chi connectivity index (χ2n) is 5.46. The quantitative estimate of drug-likeness (QED) is 0.753. The topological polar surface area (TPSA) is 15.3 Å². The molecule has 2 heteroatoms. The van der Waals surface area contributed by atoms with Gasteiger partial charge in [-0.1, -0.05) is 13.3 Å². The molecule has 0 heterocycles. The number of likely N-dealkylation sites (N-methyl/N-ethyl adjacent to an activating group) is 1. The second-order valence-corrected chi connectivity index (χ2v) is 5.46. The molecule has 2 nitrogen and oxygen atoms in total. The van der Waals surface area contributed by atoms with E-state index in [1.807, 2.05) is 0 Å². The molecule has 1 aliphatic rings. The summed E-state index contributed by atoms with van der Waals surface area (Å²) in [6.07, 6.45) is 7.01. The van der Waals surface area contributed by atoms with E-state index in [0.717, 1.165) is 18.5 Å². The monoisotopic (exact) mass is 212 g/mol. The Morgan fingerprint density at radius 2 is 1.80 bits per heavy atom. The summed E-state index contributed by atoms with van der Waals surface area (Å²) in [6, 6.07) is 1.41. The van der Waals surface area contributed by atoms with Crippen LogP contribution in [0.5, 0.6) is 0 Å². The fourth-order valence-electron chi connectivity index (χ4n) is 2.74. The van der Waals surface area contributed by atoms with Crippen LogP contribution in [0.2, 0.25) is 0 Å². The summed E-state index contributed by atoms with van der Waals surface area (Å²) in [7, 11) is 4.29. The van der Waals surface area contributed by atoms with Gasteiger partial charge in [0.2, 0.25) is 0 Å². The summed E-state index contributed by atoms with van der Waals surface area (Å²) in [4.78, 5) is 2.26. The Labute approximate surface area is 95.4 Å². The van der Waals surface area contributed by atoms with Crippen LogP contribution in [0, 0.1) is 5.92 Å². The van der Waals surface area contributed by atoms with E-state index in [4.69, 9.17) is 0 Å². The first kappa shape index (κ1) is 13.0. The van der Waals surface area contributed by atoms with Crippen LogP contribution in [0.4, 0.5) is 0 Å². The van der Waals surface area contributed by atoms with Crippen LogP contribution in [0.1, 0.15) is 46.0 Å². The number of hydrogen-bond acceptors (Lipinski definition) is 2. The van der Waals surface area contributed by atoms with Crippen molar-refractivity contribution in [3.63, 3.8) is 0 Å². The molecule has 0 spiro atoms. The lowest BCUT2D eigenvalue weighted by Crippen LogP contribution is -2.43. The molecular formula is C13H28N2. The first-order valence-corrected chi connectivity index (χ1v) is 6.52. The van der Waals surface area contributed by atoms with Crippen molar-refractivity contribution < 1.29 is 0 Å². The molecule has 1 N–H and O–H groups in total. The van der Waals surface area contributed by atoms with Crippen molar-refractivity contribution >= 4 is 0 Å². The molecule has 0 saturated heterocycles. The maximum absolute atomic E-state index is 3.75. The third-order valence-corrected chi connectivity index (χ3v) is 3.58. The highest BCUT2D eigenvalue weighted by Crippen LogP contribution is 2.26. The Bertz CT molecular complexity index is 160. The van der Waals surface area contributed by atoms with Crippen LogP contribution in [-0.4, -0.2) is 37.6 Å². The van der Waals surface area contributed by atoms with Gasteiger partial charge in [0.05, 0.1) is 0 Å². The molecule has 0 aromatic heterocycles. The minimum Gasteiger partial charge on any atom is -0.310 e. The van der Waals surface area contributed by atoms with Crippen molar-refractivity contribution in [3.8, 4) is 0 Å². The first-order chi connectivity index (χ1) is 7.11. The predicted molar refractivity (Wildman–Crippen MR) is 67.2 cm³/mol. The average Bonchev–Trinajstić information content (AvgIpc) is 2.17. The molecule has 1 fully saturated rings. The van der Waals surface area contributed by atoms with Gasteiger partial charge in [0, 0.05) is 18.6 Å². The van der Waals surface area contributed by atoms with Gasteiger partial charge in [-0.15, -0.1) is 0 Å². The molecular weight excluding hydrogens is 184 g/mol. The van der Waals surface area contributed by atoms with Crippen LogP contribution in [0.3, 0.4) is 0 Å². The SMILES string of the molecule is CCC1CCC(NC(C)CN(C)C)CC1. The molecule has 0 amide bonds. The summed E-state index contributed by atoms with van der Waals surface area (Å²) in [6.45, 7) is 5.77. The van der Waals surface area contributed by atoms with E-state index in [2.05, 4.69) is 38.2 Å². The fraction of sp³-hybridized carbons (Fsp3) is 1.00. The molecule has 1 unspecified atom stereocenters. The summed E-state index contributed by atoms with van der Waals surface area (Å²) in [5.41, 5.74) is 0. The third kappa shape index (κ3) is 4.98. The van der Waals surface area contributed by atoms with E-state index in [1.165, 1.54) is 32.1 Å². The van der Waals surface area contributed by atoms with Crippen LogP contribution in [0.15, 0.2) is 0 Å². The van der Waals surface area contributed by atoms with Crippen LogP contribution in [0.25, 0.3) is 0 Å². The zero-order valence-electron chi connectivity index (χ0n) is 10.9. The Morgan fingerprint density at radius 1 is 1.20 bits per heavy atom. The molecule has 15 heavy (non-hydrogen) atoms. The fourth-order valence-corrected chi connectivity index (χ4v) is 2.74. The highest BCUT2D eigenvalue weighted by molar-refractivity contribution is 4.79. The zero-order chi connectivity index (χ0) is 11.3. The minimum atomic E-state index is 0.628. The van der Waals surface area contributed by atoms with Gasteiger partial charge in [-0.3, -0.25) is 0 Å². The zero-order valence-corrected chi connectivity index (χ0v) is 10.9. The minimum absolute atomic E-state index is 0.628. The molecule has 0 aromatic carbocycles. The van der Waals surface area contributed by atoms with Crippen molar-refractivity contribution in [1.82, 2.24) is 10.2 Å². The van der Waals surface area contributed by atoms with Gasteiger partial charge in [-0.25, -0.2) is 0 Å². The van der Waals surface area contributed by atoms with E-state index in [9.17, 15) is 0 Å². The first-order valence-electron chi connectivity index (χ1n) is 6.52. The van der Waals surface area contributed by atoms with Crippen molar-refractivity contribution in [2.24, 2.45) is 5.92 Å². The highest BCUT2D eigenvalue weighted by atomic mass is 15.1. The summed E-state index contributed by atoms with van der Waals surface area (Å²) >= 11 is 0. The van der Waals surface area contributed by atoms with Crippen molar-refractivity contribution in [2.75, 3.05) is 20.6 Å². The van der Waals surface area contributed by atoms with Gasteiger partial charge in [0.1, 0.15) is 0 Å². The van der Waals surface area contributed by atoms with Crippen molar-refractivity contribution in [2.45, 2.75) is 58.0 Å². The number of nitrogens with zero attached hydrogens (tertiary/aromatic N) is 1. The third-order valence-electron chi connectivity index (χ3n) is 3.58. The van der Waals surface area contributed by atoms with E-state index in [-0.39, 0.29) is 0 Å². The molecule has 0 aromatic rings. The Balaban J connectivity index is 2.17. The lowest BCUT2D eigenvalue weighted by atomic mass is 9.84. The molecule has 1 aliphatic carbocycles. The number of rotatable bonds is 5. The van der Waals surface area contributed by atoms with Crippen LogP contribution in [-0.2, 0) is 0 Å². The number of nitrogens with one attached hydrogen (secondary N) is 1. The van der Waals surface area contributed by atoms with Gasteiger partial charge in [0.15, 0.2) is 0 Å². The lowest BCUT2D eigenvalue weighted by molar-refractivity contribution is 0.253. The van der Waals surface area contributed by atoms with Gasteiger partial charge >= 0.3 is 0 Å². The van der Waals surface area contributed by atoms with E-state index >= 15 is 0 Å². The lowest BCUT2D eigenvalue weighted by Gasteiger charge is -2.31. The van der Waals surface area contributed by atoms with Crippen LogP contribution >= 0.6 is 0 Å². The Kier molecular flexibility index (Phi) is 5.62. The van der Waals surface area contributed by atoms with E-state index < -0.39 is 0 Å². The molecule has 1 rings (SSSR count). The maximum Gasteiger partial charge on any atom is 0.0169 e. The summed E-state index contributed by atoms with van der Waals surface area (Å²) in [5.74, 6) is 1.01. The van der Waals surface area contributed by atoms with E-state index in [1.54, 1.807) is 0 Å². The standard InChI is InChI=1S/C13H28N2/c1-5-12-6-8-13(9-7-12)14-11(2)10-15(3)4/h11-14H,5-10H2,1-4H3. The van der Waals surface area contributed by atoms with E-state index in [0.29, 0.717) is 6.04 Å². The second kappa shape index (κ2) is 6.49. The van der Waals surface area contributed by atoms with Crippen LogP contribution < -0.4 is 5.32 Å². The highest BCUT2D eigenvalue weighted by Gasteiger charge is 2.20. The maximum atomic E-state index is 3.75. The molecule has 0 aliphatic heterocycles. The van der Waals surface area contributed by atoms with Gasteiger partial charge in [0.25, 0.3) is 0 Å². The molecule has 90 valence electrons. The molecule has 1 atom stereocenters. The van der Waals surface area contributed by atoms with Crippen molar-refractivity contribution in [3.05, 3.63) is 0 Å². The van der Waals surface area contributed by atoms with Gasteiger partial charge in [-0.2, -0.15) is 0 Å². The average molecular weight is 212 g/mol. The van der Waals surface area contributed by atoms with Gasteiger partial charge < -0.3 is 10.2 Å². The summed E-state index contributed by atoms with van der Waals surface area (Å²) < 4.78 is 0. The van der Waals surface area contributed by atoms with Gasteiger partial charge in [-0.05, 0) is 52.6 Å². The smallest absolute Gasteiger partial charge is 0.0169 e. The Hall–Kier alpha value is -0.0800.